The van der Waals surface area contributed by atoms with Crippen molar-refractivity contribution in [1.82, 2.24) is 0 Å². The summed E-state index contributed by atoms with van der Waals surface area (Å²) in [6.07, 6.45) is 7.41. The first-order valence-electron chi connectivity index (χ1n) is 12.0. The summed E-state index contributed by atoms with van der Waals surface area (Å²) in [6.45, 7) is 2.55. The molecule has 0 spiro atoms. The Morgan fingerprint density at radius 1 is 0.917 bits per heavy atom. The molecule has 0 heterocycles. The molecule has 0 aliphatic rings. The minimum Gasteiger partial charge on any atom is -0.494 e. The highest BCUT2D eigenvalue weighted by Crippen LogP contribution is 2.23. The third-order valence-electron chi connectivity index (χ3n) is 5.63. The topological polar surface area (TPSA) is 125 Å². The first-order chi connectivity index (χ1) is 17.4. The van der Waals surface area contributed by atoms with Crippen molar-refractivity contribution >= 4 is 29.4 Å². The first-order valence-corrected chi connectivity index (χ1v) is 12.0. The molecule has 5 N–H and O–H groups in total. The Morgan fingerprint density at radius 2 is 1.61 bits per heavy atom. The highest BCUT2D eigenvalue weighted by atomic mass is 16.5. The maximum atomic E-state index is 12.1. The van der Waals surface area contributed by atoms with E-state index in [0.717, 1.165) is 24.8 Å². The maximum absolute atomic E-state index is 12.1. The number of unbranched alkanes of at least 4 members (excludes halogenated alkanes) is 1. The van der Waals surface area contributed by atoms with Crippen LogP contribution in [0, 0.1) is 0 Å². The SMILES string of the molecule is CCCCc1ccc(OC(=O)/C=C/c2ccc(OCCCc3c(N)cc(N)cc3C(=O)O)cc2)cc1. The van der Waals surface area contributed by atoms with E-state index in [-0.39, 0.29) is 5.56 Å². The average Bonchev–Trinajstić information content (AvgIpc) is 2.86. The summed E-state index contributed by atoms with van der Waals surface area (Å²) >= 11 is 0. The Bertz CT molecular complexity index is 1200. The molecule has 0 amide bonds. The highest BCUT2D eigenvalue weighted by Gasteiger charge is 2.14. The summed E-state index contributed by atoms with van der Waals surface area (Å²) in [5.41, 5.74) is 15.1. The van der Waals surface area contributed by atoms with Crippen molar-refractivity contribution < 1.29 is 24.2 Å². The highest BCUT2D eigenvalue weighted by molar-refractivity contribution is 5.92. The van der Waals surface area contributed by atoms with Crippen molar-refractivity contribution in [3.05, 3.63) is 89.0 Å². The van der Waals surface area contributed by atoms with Crippen molar-refractivity contribution in [2.24, 2.45) is 0 Å². The number of aromatic carboxylic acids is 1. The standard InChI is InChI=1S/C29H32N2O5/c1-2-3-5-20-9-14-24(15-10-20)36-28(32)16-11-21-7-12-23(13-8-21)35-17-4-6-25-26(29(33)34)18-22(30)19-27(25)31/h7-16,18-19H,2-6,17,30-31H2,1H3,(H,33,34)/b16-11+. The third kappa shape index (κ3) is 7.91. The van der Waals surface area contributed by atoms with Gasteiger partial charge < -0.3 is 26.0 Å². The summed E-state index contributed by atoms with van der Waals surface area (Å²) in [5.74, 6) is -0.316. The average molecular weight is 489 g/mol. The molecule has 0 aliphatic heterocycles. The number of carboxylic acids is 1. The van der Waals surface area contributed by atoms with Gasteiger partial charge >= 0.3 is 11.9 Å². The summed E-state index contributed by atoms with van der Waals surface area (Å²) in [5, 5.41) is 9.39. The van der Waals surface area contributed by atoms with Crippen LogP contribution in [-0.2, 0) is 17.6 Å². The number of hydrogen-bond acceptors (Lipinski definition) is 6. The lowest BCUT2D eigenvalue weighted by molar-refractivity contribution is -0.128. The number of ether oxygens (including phenoxy) is 2. The minimum absolute atomic E-state index is 0.117. The number of nitrogens with two attached hydrogens (primary N) is 2. The predicted octanol–water partition coefficient (Wildman–Crippen LogP) is 5.52. The van der Waals surface area contributed by atoms with Gasteiger partial charge in [0, 0.05) is 17.5 Å². The fourth-order valence-corrected chi connectivity index (χ4v) is 3.72. The molecule has 3 rings (SSSR count). The van der Waals surface area contributed by atoms with Crippen molar-refractivity contribution in [2.75, 3.05) is 18.1 Å². The van der Waals surface area contributed by atoms with Gasteiger partial charge in [0.1, 0.15) is 11.5 Å². The van der Waals surface area contributed by atoms with E-state index in [1.807, 2.05) is 36.4 Å². The zero-order valence-electron chi connectivity index (χ0n) is 20.4. The Morgan fingerprint density at radius 3 is 2.28 bits per heavy atom. The summed E-state index contributed by atoms with van der Waals surface area (Å²) < 4.78 is 11.1. The zero-order valence-corrected chi connectivity index (χ0v) is 20.4. The number of anilines is 2. The molecule has 0 saturated carbocycles. The Labute approximate surface area is 211 Å². The van der Waals surface area contributed by atoms with Crippen LogP contribution in [0.4, 0.5) is 11.4 Å². The molecule has 188 valence electrons. The van der Waals surface area contributed by atoms with Crippen LogP contribution < -0.4 is 20.9 Å². The molecule has 0 atom stereocenters. The van der Waals surface area contributed by atoms with Crippen molar-refractivity contribution in [3.63, 3.8) is 0 Å². The second kappa shape index (κ2) is 13.0. The molecule has 0 unspecified atom stereocenters. The number of aryl methyl sites for hydroxylation is 1. The molecule has 0 saturated heterocycles. The van der Waals surface area contributed by atoms with Crippen molar-refractivity contribution in [1.29, 1.82) is 0 Å². The van der Waals surface area contributed by atoms with Gasteiger partial charge in [0.05, 0.1) is 12.2 Å². The lowest BCUT2D eigenvalue weighted by Gasteiger charge is -2.11. The monoisotopic (exact) mass is 488 g/mol. The van der Waals surface area contributed by atoms with Crippen LogP contribution >= 0.6 is 0 Å². The molecule has 36 heavy (non-hydrogen) atoms. The second-order valence-electron chi connectivity index (χ2n) is 8.46. The summed E-state index contributed by atoms with van der Waals surface area (Å²) in [7, 11) is 0. The molecule has 0 fully saturated rings. The summed E-state index contributed by atoms with van der Waals surface area (Å²) in [4.78, 5) is 23.6. The van der Waals surface area contributed by atoms with E-state index in [9.17, 15) is 14.7 Å². The molecule has 0 aliphatic carbocycles. The van der Waals surface area contributed by atoms with E-state index < -0.39 is 11.9 Å². The molecule has 7 nitrogen and oxygen atoms in total. The van der Waals surface area contributed by atoms with E-state index >= 15 is 0 Å². The quantitative estimate of drug-likeness (QED) is 0.101. The molecular weight excluding hydrogens is 456 g/mol. The molecule has 3 aromatic rings. The second-order valence-corrected chi connectivity index (χ2v) is 8.46. The van der Waals surface area contributed by atoms with Gasteiger partial charge in [-0.25, -0.2) is 9.59 Å². The number of hydrogen-bond donors (Lipinski definition) is 3. The third-order valence-corrected chi connectivity index (χ3v) is 5.63. The van der Waals surface area contributed by atoms with Gasteiger partial charge in [-0.1, -0.05) is 37.6 Å². The smallest absolute Gasteiger partial charge is 0.336 e. The molecule has 0 bridgehead atoms. The van der Waals surface area contributed by atoms with Crippen LogP contribution in [0.3, 0.4) is 0 Å². The van der Waals surface area contributed by atoms with Crippen LogP contribution in [0.25, 0.3) is 6.08 Å². The fraction of sp³-hybridized carbons (Fsp3) is 0.241. The van der Waals surface area contributed by atoms with Crippen LogP contribution in [0.2, 0.25) is 0 Å². The largest absolute Gasteiger partial charge is 0.494 e. The molecular formula is C29H32N2O5. The van der Waals surface area contributed by atoms with Gasteiger partial charge in [-0.05, 0) is 84.8 Å². The number of nitrogen functional groups attached to an aromatic ring is 2. The molecule has 0 aromatic heterocycles. The number of carbonyl (C=O) groups is 2. The van der Waals surface area contributed by atoms with E-state index in [0.29, 0.717) is 47.9 Å². The minimum atomic E-state index is -1.06. The van der Waals surface area contributed by atoms with E-state index in [4.69, 9.17) is 20.9 Å². The Hall–Kier alpha value is -4.26. The molecule has 0 radical (unpaired) electrons. The van der Waals surface area contributed by atoms with E-state index in [1.54, 1.807) is 24.3 Å². The van der Waals surface area contributed by atoms with E-state index in [2.05, 4.69) is 6.92 Å². The molecule has 3 aromatic carbocycles. The lowest BCUT2D eigenvalue weighted by Crippen LogP contribution is -2.09. The zero-order chi connectivity index (χ0) is 25.9. The maximum Gasteiger partial charge on any atom is 0.336 e. The number of carbonyl (C=O) groups excluding carboxylic acids is 1. The normalized spacial score (nSPS) is 10.9. The number of rotatable bonds is 12. The van der Waals surface area contributed by atoms with Crippen LogP contribution in [0.5, 0.6) is 11.5 Å². The van der Waals surface area contributed by atoms with Gasteiger partial charge in [-0.15, -0.1) is 0 Å². The Kier molecular flexibility index (Phi) is 9.51. The van der Waals surface area contributed by atoms with Crippen molar-refractivity contribution in [2.45, 2.75) is 39.0 Å². The lowest BCUT2D eigenvalue weighted by atomic mass is 10.00. The van der Waals surface area contributed by atoms with Crippen molar-refractivity contribution in [3.8, 4) is 11.5 Å². The van der Waals surface area contributed by atoms with Crippen LogP contribution in [-0.4, -0.2) is 23.7 Å². The van der Waals surface area contributed by atoms with E-state index in [1.165, 1.54) is 17.7 Å². The van der Waals surface area contributed by atoms with Gasteiger partial charge in [-0.2, -0.15) is 0 Å². The number of esters is 1. The summed E-state index contributed by atoms with van der Waals surface area (Å²) in [6, 6.07) is 17.9. The van der Waals surface area contributed by atoms with Gasteiger partial charge in [0.2, 0.25) is 0 Å². The van der Waals surface area contributed by atoms with Crippen LogP contribution in [0.15, 0.2) is 66.7 Å². The molecule has 7 heteroatoms. The van der Waals surface area contributed by atoms with Gasteiger partial charge in [0.15, 0.2) is 0 Å². The fourth-order valence-electron chi connectivity index (χ4n) is 3.72. The first kappa shape index (κ1) is 26.3. The van der Waals surface area contributed by atoms with Gasteiger partial charge in [0.25, 0.3) is 0 Å². The van der Waals surface area contributed by atoms with Gasteiger partial charge in [-0.3, -0.25) is 0 Å². The number of benzene rings is 3. The predicted molar refractivity (Wildman–Crippen MR) is 142 cm³/mol. The van der Waals surface area contributed by atoms with Crippen LogP contribution in [0.1, 0.15) is 53.2 Å². The Balaban J connectivity index is 1.45. The number of carboxylic acid groups (broad SMARTS) is 1.